The van der Waals surface area contributed by atoms with Crippen molar-refractivity contribution in [2.45, 2.75) is 6.18 Å². The first kappa shape index (κ1) is 10.6. The van der Waals surface area contributed by atoms with Crippen LogP contribution in [0, 0.1) is 10.1 Å². The van der Waals surface area contributed by atoms with Crippen molar-refractivity contribution in [3.8, 4) is 0 Å². The molecule has 14 heavy (non-hydrogen) atoms. The Labute approximate surface area is 79.1 Å². The predicted octanol–water partition coefficient (Wildman–Crippen LogP) is 2.40. The monoisotopic (exact) mass is 225 g/mol. The summed E-state index contributed by atoms with van der Waals surface area (Å²) in [5.41, 5.74) is 0. The lowest BCUT2D eigenvalue weighted by atomic mass is 10.3. The third-order valence-electron chi connectivity index (χ3n) is 1.25. The average Bonchev–Trinajstić information content (AvgIpc) is 2.48. The van der Waals surface area contributed by atoms with Crippen LogP contribution < -0.4 is 0 Å². The minimum absolute atomic E-state index is 0.207. The van der Waals surface area contributed by atoms with Gasteiger partial charge in [-0.15, -0.1) is 0 Å². The quantitative estimate of drug-likeness (QED) is 0.441. The number of nitrogens with zero attached hydrogens (tertiary/aromatic N) is 1. The molecule has 0 aliphatic heterocycles. The minimum Gasteiger partial charge on any atom is -0.283 e. The van der Waals surface area contributed by atoms with Gasteiger partial charge in [-0.3, -0.25) is 14.9 Å². The Morgan fingerprint density at radius 1 is 1.43 bits per heavy atom. The zero-order chi connectivity index (χ0) is 10.9. The van der Waals surface area contributed by atoms with Crippen LogP contribution in [0.1, 0.15) is 9.67 Å². The standard InChI is InChI=1S/C6H2F3NO3S/c7-6(8,9)5(11)3-1-2-4(14-3)10(12)13/h1-2H. The van der Waals surface area contributed by atoms with Crippen molar-refractivity contribution in [2.24, 2.45) is 0 Å². The summed E-state index contributed by atoms with van der Waals surface area (Å²) in [6.45, 7) is 0. The molecule has 0 fully saturated rings. The van der Waals surface area contributed by atoms with Gasteiger partial charge in [-0.05, 0) is 6.07 Å². The number of carbonyl (C=O) groups excluding carboxylic acids is 1. The van der Waals surface area contributed by atoms with Gasteiger partial charge in [0.05, 0.1) is 9.80 Å². The van der Waals surface area contributed by atoms with E-state index >= 15 is 0 Å². The summed E-state index contributed by atoms with van der Waals surface area (Å²) < 4.78 is 35.5. The molecule has 76 valence electrons. The fourth-order valence-electron chi connectivity index (χ4n) is 0.688. The van der Waals surface area contributed by atoms with Gasteiger partial charge in [0.15, 0.2) is 0 Å². The van der Waals surface area contributed by atoms with Gasteiger partial charge < -0.3 is 0 Å². The Morgan fingerprint density at radius 2 is 2.00 bits per heavy atom. The number of rotatable bonds is 2. The molecule has 0 aliphatic carbocycles. The second kappa shape index (κ2) is 3.37. The molecule has 1 rings (SSSR count). The van der Waals surface area contributed by atoms with Gasteiger partial charge in [-0.2, -0.15) is 13.2 Å². The van der Waals surface area contributed by atoms with E-state index in [9.17, 15) is 28.1 Å². The molecule has 0 saturated heterocycles. The Kier molecular flexibility index (Phi) is 2.56. The summed E-state index contributed by atoms with van der Waals surface area (Å²) in [6, 6.07) is 1.66. The van der Waals surface area contributed by atoms with E-state index in [1.165, 1.54) is 0 Å². The lowest BCUT2D eigenvalue weighted by Gasteiger charge is -2.00. The van der Waals surface area contributed by atoms with Crippen LogP contribution in [0.3, 0.4) is 0 Å². The maximum Gasteiger partial charge on any atom is 0.455 e. The highest BCUT2D eigenvalue weighted by Crippen LogP contribution is 2.29. The molecular formula is C6H2F3NO3S. The van der Waals surface area contributed by atoms with Crippen molar-refractivity contribution in [2.75, 3.05) is 0 Å². The minimum atomic E-state index is -4.99. The third kappa shape index (κ3) is 2.08. The first-order chi connectivity index (χ1) is 6.32. The van der Waals surface area contributed by atoms with Crippen molar-refractivity contribution in [3.05, 3.63) is 27.1 Å². The predicted molar refractivity (Wildman–Crippen MR) is 41.4 cm³/mol. The molecule has 0 amide bonds. The molecule has 0 bridgehead atoms. The normalized spacial score (nSPS) is 11.4. The van der Waals surface area contributed by atoms with Gasteiger partial charge in [0.2, 0.25) is 0 Å². The first-order valence-electron chi connectivity index (χ1n) is 3.18. The van der Waals surface area contributed by atoms with Crippen LogP contribution in [0.2, 0.25) is 0 Å². The van der Waals surface area contributed by atoms with E-state index in [1.54, 1.807) is 0 Å². The molecule has 0 aliphatic rings. The maximum absolute atomic E-state index is 11.8. The zero-order valence-corrected chi connectivity index (χ0v) is 7.19. The zero-order valence-electron chi connectivity index (χ0n) is 6.37. The van der Waals surface area contributed by atoms with Crippen LogP contribution in [0.15, 0.2) is 12.1 Å². The van der Waals surface area contributed by atoms with Gasteiger partial charge in [-0.1, -0.05) is 11.3 Å². The summed E-state index contributed by atoms with van der Waals surface area (Å²) in [5.74, 6) is -2.06. The summed E-state index contributed by atoms with van der Waals surface area (Å²) in [6.07, 6.45) is -4.99. The molecule has 0 saturated carbocycles. The van der Waals surface area contributed by atoms with E-state index < -0.39 is 26.8 Å². The molecule has 0 unspecified atom stereocenters. The first-order valence-corrected chi connectivity index (χ1v) is 4.00. The maximum atomic E-state index is 11.8. The highest BCUT2D eigenvalue weighted by Gasteiger charge is 2.40. The molecule has 0 N–H and O–H groups in total. The van der Waals surface area contributed by atoms with Gasteiger partial charge in [0.25, 0.3) is 5.78 Å². The van der Waals surface area contributed by atoms with Crippen LogP contribution in [0.25, 0.3) is 0 Å². The second-order valence-electron chi connectivity index (χ2n) is 2.22. The second-order valence-corrected chi connectivity index (χ2v) is 3.28. The lowest BCUT2D eigenvalue weighted by Crippen LogP contribution is -2.21. The molecule has 8 heteroatoms. The van der Waals surface area contributed by atoms with E-state index in [4.69, 9.17) is 0 Å². The summed E-state index contributed by atoms with van der Waals surface area (Å²) in [5, 5.41) is 9.62. The number of alkyl halides is 3. The fourth-order valence-corrected chi connectivity index (χ4v) is 1.47. The Balaban J connectivity index is 2.99. The third-order valence-corrected chi connectivity index (χ3v) is 2.29. The van der Waals surface area contributed by atoms with Gasteiger partial charge in [0, 0.05) is 6.07 Å². The number of Topliss-reactive ketones (excluding diaryl/α,β-unsaturated/α-hetero) is 1. The SMILES string of the molecule is O=C(c1ccc([N+](=O)[O-])s1)C(F)(F)F. The van der Waals surface area contributed by atoms with Crippen LogP contribution in [0.4, 0.5) is 18.2 Å². The van der Waals surface area contributed by atoms with Crippen LogP contribution in [-0.4, -0.2) is 16.9 Å². The highest BCUT2D eigenvalue weighted by atomic mass is 32.1. The average molecular weight is 225 g/mol. The smallest absolute Gasteiger partial charge is 0.283 e. The van der Waals surface area contributed by atoms with Gasteiger partial charge >= 0.3 is 11.2 Å². The van der Waals surface area contributed by atoms with Crippen molar-refractivity contribution in [1.29, 1.82) is 0 Å². The topological polar surface area (TPSA) is 60.2 Å². The number of carbonyl (C=O) groups is 1. The summed E-state index contributed by atoms with van der Waals surface area (Å²) >= 11 is 0.207. The Bertz CT molecular complexity index is 384. The van der Waals surface area contributed by atoms with Gasteiger partial charge in [-0.25, -0.2) is 0 Å². The summed E-state index contributed by atoms with van der Waals surface area (Å²) in [4.78, 5) is 19.1. The van der Waals surface area contributed by atoms with E-state index in [-0.39, 0.29) is 11.3 Å². The molecule has 1 aromatic heterocycles. The van der Waals surface area contributed by atoms with Crippen molar-refractivity contribution in [3.63, 3.8) is 0 Å². The highest BCUT2D eigenvalue weighted by molar-refractivity contribution is 7.17. The lowest BCUT2D eigenvalue weighted by molar-refractivity contribution is -0.380. The summed E-state index contributed by atoms with van der Waals surface area (Å²) in [7, 11) is 0. The molecular weight excluding hydrogens is 223 g/mol. The van der Waals surface area contributed by atoms with Crippen molar-refractivity contribution < 1.29 is 22.9 Å². The number of halogens is 3. The molecule has 0 spiro atoms. The molecule has 0 radical (unpaired) electrons. The fraction of sp³-hybridized carbons (Fsp3) is 0.167. The van der Waals surface area contributed by atoms with Crippen LogP contribution in [0.5, 0.6) is 0 Å². The number of ketones is 1. The molecule has 0 atom stereocenters. The molecule has 1 heterocycles. The van der Waals surface area contributed by atoms with E-state index in [0.717, 1.165) is 12.1 Å². The van der Waals surface area contributed by atoms with Gasteiger partial charge in [0.1, 0.15) is 0 Å². The van der Waals surface area contributed by atoms with Crippen molar-refractivity contribution in [1.82, 2.24) is 0 Å². The van der Waals surface area contributed by atoms with E-state index in [2.05, 4.69) is 0 Å². The van der Waals surface area contributed by atoms with E-state index in [1.807, 2.05) is 0 Å². The van der Waals surface area contributed by atoms with Crippen LogP contribution in [-0.2, 0) is 0 Å². The number of hydrogen-bond acceptors (Lipinski definition) is 4. The Hall–Kier alpha value is -1.44. The van der Waals surface area contributed by atoms with Crippen LogP contribution >= 0.6 is 11.3 Å². The number of thiophene rings is 1. The Morgan fingerprint density at radius 3 is 2.36 bits per heavy atom. The number of nitro groups is 1. The van der Waals surface area contributed by atoms with E-state index in [0.29, 0.717) is 0 Å². The molecule has 4 nitrogen and oxygen atoms in total. The largest absolute Gasteiger partial charge is 0.455 e. The number of hydrogen-bond donors (Lipinski definition) is 0. The van der Waals surface area contributed by atoms with Crippen molar-refractivity contribution >= 4 is 22.1 Å². The molecule has 0 aromatic carbocycles. The molecule has 1 aromatic rings.